The summed E-state index contributed by atoms with van der Waals surface area (Å²) in [5.41, 5.74) is -0.150. The van der Waals surface area contributed by atoms with Crippen LogP contribution in [0.1, 0.15) is 19.3 Å². The Kier molecular flexibility index (Phi) is 3.84. The molecule has 1 rings (SSSR count). The largest absolute Gasteiger partial charge is 0.481 e. The Balaban J connectivity index is 2.35. The van der Waals surface area contributed by atoms with Crippen molar-refractivity contribution < 1.29 is 9.90 Å². The Morgan fingerprint density at radius 2 is 2.29 bits per heavy atom. The van der Waals surface area contributed by atoms with Crippen LogP contribution in [-0.2, 0) is 11.3 Å². The van der Waals surface area contributed by atoms with Gasteiger partial charge in [-0.25, -0.2) is 4.68 Å². The van der Waals surface area contributed by atoms with Crippen LogP contribution < -0.4 is 5.56 Å². The van der Waals surface area contributed by atoms with Crippen molar-refractivity contribution in [2.45, 2.75) is 25.8 Å². The fourth-order valence-corrected chi connectivity index (χ4v) is 1.09. The maximum Gasteiger partial charge on any atom is 0.303 e. The van der Waals surface area contributed by atoms with Crippen molar-refractivity contribution >= 4 is 5.97 Å². The highest BCUT2D eigenvalue weighted by Gasteiger charge is 1.98. The van der Waals surface area contributed by atoms with E-state index in [2.05, 4.69) is 5.10 Å². The molecule has 0 saturated heterocycles. The van der Waals surface area contributed by atoms with Crippen LogP contribution in [0.4, 0.5) is 0 Å². The second-order valence-electron chi connectivity index (χ2n) is 2.94. The van der Waals surface area contributed by atoms with Gasteiger partial charge in [-0.3, -0.25) is 9.59 Å². The topological polar surface area (TPSA) is 72.2 Å². The lowest BCUT2D eigenvalue weighted by molar-refractivity contribution is -0.137. The van der Waals surface area contributed by atoms with Gasteiger partial charge in [0.05, 0.1) is 0 Å². The lowest BCUT2D eigenvalue weighted by atomic mass is 10.2. The normalized spacial score (nSPS) is 10.0. The van der Waals surface area contributed by atoms with Gasteiger partial charge in [-0.2, -0.15) is 5.10 Å². The Hall–Kier alpha value is -1.65. The Labute approximate surface area is 81.0 Å². The van der Waals surface area contributed by atoms with Gasteiger partial charge >= 0.3 is 5.97 Å². The monoisotopic (exact) mass is 196 g/mol. The highest BCUT2D eigenvalue weighted by molar-refractivity contribution is 5.66. The molecule has 0 spiro atoms. The van der Waals surface area contributed by atoms with Gasteiger partial charge in [-0.05, 0) is 18.9 Å². The summed E-state index contributed by atoms with van der Waals surface area (Å²) in [7, 11) is 0. The molecule has 1 aromatic rings. The number of nitrogens with zero attached hydrogens (tertiary/aromatic N) is 2. The van der Waals surface area contributed by atoms with Crippen molar-refractivity contribution in [3.63, 3.8) is 0 Å². The van der Waals surface area contributed by atoms with E-state index in [0.717, 1.165) is 0 Å². The van der Waals surface area contributed by atoms with Gasteiger partial charge in [0.25, 0.3) is 5.56 Å². The second kappa shape index (κ2) is 5.16. The molecule has 5 heteroatoms. The van der Waals surface area contributed by atoms with Crippen LogP contribution in [-0.4, -0.2) is 20.9 Å². The Morgan fingerprint density at radius 3 is 2.93 bits per heavy atom. The van der Waals surface area contributed by atoms with Crippen LogP contribution in [0.2, 0.25) is 0 Å². The van der Waals surface area contributed by atoms with E-state index in [4.69, 9.17) is 5.11 Å². The molecule has 1 heterocycles. The maximum absolute atomic E-state index is 11.1. The fourth-order valence-electron chi connectivity index (χ4n) is 1.09. The smallest absolute Gasteiger partial charge is 0.303 e. The molecule has 0 bridgehead atoms. The molecule has 0 radical (unpaired) electrons. The summed E-state index contributed by atoms with van der Waals surface area (Å²) in [5.74, 6) is -0.807. The lowest BCUT2D eigenvalue weighted by Gasteiger charge is -2.01. The molecular formula is C9H12N2O3. The molecule has 0 fully saturated rings. The number of hydrogen-bond acceptors (Lipinski definition) is 3. The van der Waals surface area contributed by atoms with Crippen molar-refractivity contribution in [1.29, 1.82) is 0 Å². The van der Waals surface area contributed by atoms with Gasteiger partial charge in [-0.15, -0.1) is 0 Å². The second-order valence-corrected chi connectivity index (χ2v) is 2.94. The molecule has 76 valence electrons. The molecule has 14 heavy (non-hydrogen) atoms. The zero-order chi connectivity index (χ0) is 10.4. The lowest BCUT2D eigenvalue weighted by Crippen LogP contribution is -2.21. The molecule has 0 amide bonds. The molecule has 0 aromatic carbocycles. The fraction of sp³-hybridized carbons (Fsp3) is 0.444. The number of aromatic nitrogens is 2. The van der Waals surface area contributed by atoms with Crippen LogP contribution in [0, 0.1) is 0 Å². The summed E-state index contributed by atoms with van der Waals surface area (Å²) in [6.07, 6.45) is 2.90. The number of rotatable bonds is 5. The van der Waals surface area contributed by atoms with Crippen LogP contribution in [0.25, 0.3) is 0 Å². The number of aliphatic carboxylic acids is 1. The first-order valence-electron chi connectivity index (χ1n) is 4.44. The van der Waals surface area contributed by atoms with Crippen LogP contribution in [0.15, 0.2) is 23.1 Å². The Bertz CT molecular complexity index is 359. The van der Waals surface area contributed by atoms with Gasteiger partial charge in [0.2, 0.25) is 0 Å². The number of unbranched alkanes of at least 4 members (excludes halogenated alkanes) is 1. The van der Waals surface area contributed by atoms with E-state index in [9.17, 15) is 9.59 Å². The molecule has 5 nitrogen and oxygen atoms in total. The summed E-state index contributed by atoms with van der Waals surface area (Å²) in [4.78, 5) is 21.3. The van der Waals surface area contributed by atoms with Crippen molar-refractivity contribution in [2.75, 3.05) is 0 Å². The van der Waals surface area contributed by atoms with E-state index >= 15 is 0 Å². The molecule has 0 aliphatic carbocycles. The molecule has 1 aromatic heterocycles. The molecular weight excluding hydrogens is 184 g/mol. The van der Waals surface area contributed by atoms with E-state index in [-0.39, 0.29) is 12.0 Å². The first-order chi connectivity index (χ1) is 6.70. The highest BCUT2D eigenvalue weighted by atomic mass is 16.4. The predicted octanol–water partition coefficient (Wildman–Crippen LogP) is 0.498. The zero-order valence-corrected chi connectivity index (χ0v) is 7.72. The Morgan fingerprint density at radius 1 is 1.50 bits per heavy atom. The van der Waals surface area contributed by atoms with Crippen molar-refractivity contribution in [3.05, 3.63) is 28.7 Å². The van der Waals surface area contributed by atoms with E-state index in [0.29, 0.717) is 19.4 Å². The quantitative estimate of drug-likeness (QED) is 0.696. The van der Waals surface area contributed by atoms with Crippen LogP contribution in [0.3, 0.4) is 0 Å². The van der Waals surface area contributed by atoms with E-state index in [1.165, 1.54) is 10.7 Å². The highest BCUT2D eigenvalue weighted by Crippen LogP contribution is 1.96. The van der Waals surface area contributed by atoms with Gasteiger partial charge in [0.1, 0.15) is 0 Å². The minimum atomic E-state index is -0.807. The third-order valence-corrected chi connectivity index (χ3v) is 1.80. The van der Waals surface area contributed by atoms with Crippen LogP contribution in [0.5, 0.6) is 0 Å². The average Bonchev–Trinajstić information content (AvgIpc) is 2.15. The van der Waals surface area contributed by atoms with Crippen molar-refractivity contribution in [3.8, 4) is 0 Å². The third kappa shape index (κ3) is 3.38. The molecule has 1 N–H and O–H groups in total. The molecule has 0 aliphatic rings. The maximum atomic E-state index is 11.1. The molecule has 0 unspecified atom stereocenters. The number of aryl methyl sites for hydroxylation is 1. The van der Waals surface area contributed by atoms with E-state index in [1.54, 1.807) is 12.3 Å². The SMILES string of the molecule is O=C(O)CCCCn1ncccc1=O. The number of hydrogen-bond donors (Lipinski definition) is 1. The summed E-state index contributed by atoms with van der Waals surface area (Å²) in [6.45, 7) is 0.479. The standard InChI is InChI=1S/C9H12N2O3/c12-8-4-3-6-10-11(8)7-2-1-5-9(13)14/h3-4,6H,1-2,5,7H2,(H,13,14). The average molecular weight is 196 g/mol. The molecule has 0 atom stereocenters. The number of carboxylic acids is 1. The summed E-state index contributed by atoms with van der Waals surface area (Å²) < 4.78 is 1.34. The van der Waals surface area contributed by atoms with E-state index in [1.807, 2.05) is 0 Å². The van der Waals surface area contributed by atoms with E-state index < -0.39 is 5.97 Å². The zero-order valence-electron chi connectivity index (χ0n) is 7.72. The van der Waals surface area contributed by atoms with Crippen molar-refractivity contribution in [2.24, 2.45) is 0 Å². The number of carboxylic acid groups (broad SMARTS) is 1. The minimum absolute atomic E-state index is 0.140. The van der Waals surface area contributed by atoms with Gasteiger partial charge in [0.15, 0.2) is 0 Å². The summed E-state index contributed by atoms with van der Waals surface area (Å²) in [6, 6.07) is 3.01. The summed E-state index contributed by atoms with van der Waals surface area (Å²) in [5, 5.41) is 12.2. The van der Waals surface area contributed by atoms with Gasteiger partial charge < -0.3 is 5.11 Å². The molecule has 0 aliphatic heterocycles. The van der Waals surface area contributed by atoms with Gasteiger partial charge in [-0.1, -0.05) is 0 Å². The van der Waals surface area contributed by atoms with Gasteiger partial charge in [0, 0.05) is 25.2 Å². The first kappa shape index (κ1) is 10.4. The summed E-state index contributed by atoms with van der Waals surface area (Å²) >= 11 is 0. The first-order valence-corrected chi connectivity index (χ1v) is 4.44. The minimum Gasteiger partial charge on any atom is -0.481 e. The van der Waals surface area contributed by atoms with Crippen LogP contribution >= 0.6 is 0 Å². The third-order valence-electron chi connectivity index (χ3n) is 1.80. The van der Waals surface area contributed by atoms with Crippen molar-refractivity contribution in [1.82, 2.24) is 9.78 Å². The molecule has 0 saturated carbocycles. The number of carbonyl (C=O) groups is 1. The predicted molar refractivity (Wildman–Crippen MR) is 50.0 cm³/mol.